The third-order valence-corrected chi connectivity index (χ3v) is 4.20. The number of rotatable bonds is 10. The van der Waals surface area contributed by atoms with Gasteiger partial charge in [-0.05, 0) is 29.6 Å². The SMILES string of the molecule is CC(C)CNC(=O)c1coc(CN(CC(C)C)C(=O)C[C@H](C)CC(C)(C)C)n1. The van der Waals surface area contributed by atoms with Crippen molar-refractivity contribution in [2.24, 2.45) is 23.2 Å². The van der Waals surface area contributed by atoms with E-state index in [-0.39, 0.29) is 29.5 Å². The van der Waals surface area contributed by atoms with Crippen LogP contribution >= 0.6 is 0 Å². The Kier molecular flexibility index (Phi) is 9.18. The van der Waals surface area contributed by atoms with E-state index in [2.05, 4.69) is 51.8 Å². The van der Waals surface area contributed by atoms with Gasteiger partial charge in [-0.25, -0.2) is 4.98 Å². The fourth-order valence-electron chi connectivity index (χ4n) is 3.28. The van der Waals surface area contributed by atoms with Gasteiger partial charge in [0, 0.05) is 19.5 Å². The van der Waals surface area contributed by atoms with Crippen molar-refractivity contribution in [1.82, 2.24) is 15.2 Å². The molecule has 1 rings (SSSR count). The Morgan fingerprint density at radius 2 is 1.79 bits per heavy atom. The van der Waals surface area contributed by atoms with Gasteiger partial charge in [-0.15, -0.1) is 0 Å². The zero-order chi connectivity index (χ0) is 21.5. The number of nitrogens with zero attached hydrogens (tertiary/aromatic N) is 2. The molecule has 2 amide bonds. The van der Waals surface area contributed by atoms with Crippen LogP contribution in [0.5, 0.6) is 0 Å². The Labute approximate surface area is 170 Å². The van der Waals surface area contributed by atoms with Gasteiger partial charge in [0.1, 0.15) is 6.26 Å². The molecule has 1 aromatic heterocycles. The summed E-state index contributed by atoms with van der Waals surface area (Å²) in [5.41, 5.74) is 0.456. The van der Waals surface area contributed by atoms with E-state index in [0.29, 0.717) is 43.2 Å². The Hall–Kier alpha value is -1.85. The summed E-state index contributed by atoms with van der Waals surface area (Å²) in [6.07, 6.45) is 2.87. The molecule has 160 valence electrons. The van der Waals surface area contributed by atoms with Gasteiger partial charge >= 0.3 is 0 Å². The van der Waals surface area contributed by atoms with Crippen LogP contribution in [0, 0.1) is 23.2 Å². The minimum Gasteiger partial charge on any atom is -0.446 e. The number of aromatic nitrogens is 1. The number of hydrogen-bond donors (Lipinski definition) is 1. The molecule has 6 nitrogen and oxygen atoms in total. The van der Waals surface area contributed by atoms with Crippen LogP contribution in [0.3, 0.4) is 0 Å². The van der Waals surface area contributed by atoms with Crippen LogP contribution in [-0.4, -0.2) is 34.8 Å². The molecule has 0 aromatic carbocycles. The molecule has 1 atom stereocenters. The molecule has 0 bridgehead atoms. The molecule has 0 radical (unpaired) electrons. The summed E-state index contributed by atoms with van der Waals surface area (Å²) in [5.74, 6) is 1.27. The molecule has 1 aromatic rings. The maximum absolute atomic E-state index is 12.9. The van der Waals surface area contributed by atoms with Gasteiger partial charge in [0.05, 0.1) is 6.54 Å². The second kappa shape index (κ2) is 10.6. The van der Waals surface area contributed by atoms with E-state index in [1.54, 1.807) is 4.90 Å². The van der Waals surface area contributed by atoms with Crippen LogP contribution in [0.25, 0.3) is 0 Å². The third-order valence-electron chi connectivity index (χ3n) is 4.20. The lowest BCUT2D eigenvalue weighted by atomic mass is 9.84. The molecule has 6 heteroatoms. The molecule has 0 saturated heterocycles. The van der Waals surface area contributed by atoms with E-state index in [4.69, 9.17) is 4.42 Å². The Morgan fingerprint density at radius 3 is 2.32 bits per heavy atom. The number of hydrogen-bond acceptors (Lipinski definition) is 4. The van der Waals surface area contributed by atoms with Crippen LogP contribution in [0.15, 0.2) is 10.7 Å². The van der Waals surface area contributed by atoms with Gasteiger partial charge in [0.15, 0.2) is 5.69 Å². The standard InChI is InChI=1S/C22H39N3O3/c1-15(2)11-23-21(27)18-14-28-19(24-18)13-25(12-16(3)4)20(26)9-17(5)10-22(6,7)8/h14-17H,9-13H2,1-8H3,(H,23,27)/t17-/m0/s1. The first-order valence-electron chi connectivity index (χ1n) is 10.4. The summed E-state index contributed by atoms with van der Waals surface area (Å²) in [6, 6.07) is 0. The van der Waals surface area contributed by atoms with Crippen LogP contribution in [-0.2, 0) is 11.3 Å². The lowest BCUT2D eigenvalue weighted by molar-refractivity contribution is -0.133. The van der Waals surface area contributed by atoms with Gasteiger partial charge < -0.3 is 14.6 Å². The summed E-state index contributed by atoms with van der Waals surface area (Å²) in [6.45, 7) is 18.4. The van der Waals surface area contributed by atoms with E-state index in [1.165, 1.54) is 6.26 Å². The largest absolute Gasteiger partial charge is 0.446 e. The minimum absolute atomic E-state index is 0.106. The molecular formula is C22H39N3O3. The quantitative estimate of drug-likeness (QED) is 0.635. The zero-order valence-corrected chi connectivity index (χ0v) is 19.0. The Morgan fingerprint density at radius 1 is 1.14 bits per heavy atom. The van der Waals surface area contributed by atoms with Crippen LogP contribution in [0.1, 0.15) is 84.6 Å². The Bertz CT molecular complexity index is 629. The van der Waals surface area contributed by atoms with Gasteiger partial charge in [-0.2, -0.15) is 0 Å². The number of carbonyl (C=O) groups excluding carboxylic acids is 2. The molecule has 0 aliphatic carbocycles. The van der Waals surface area contributed by atoms with Crippen molar-refractivity contribution in [2.75, 3.05) is 13.1 Å². The van der Waals surface area contributed by atoms with E-state index in [9.17, 15) is 9.59 Å². The highest BCUT2D eigenvalue weighted by Gasteiger charge is 2.23. The highest BCUT2D eigenvalue weighted by Crippen LogP contribution is 2.26. The first-order valence-corrected chi connectivity index (χ1v) is 10.4. The van der Waals surface area contributed by atoms with Crippen molar-refractivity contribution in [1.29, 1.82) is 0 Å². The van der Waals surface area contributed by atoms with Crippen molar-refractivity contribution in [3.63, 3.8) is 0 Å². The normalized spacial score (nSPS) is 13.1. The molecule has 0 saturated carbocycles. The monoisotopic (exact) mass is 393 g/mol. The van der Waals surface area contributed by atoms with Gasteiger partial charge in [0.2, 0.25) is 11.8 Å². The minimum atomic E-state index is -0.246. The van der Waals surface area contributed by atoms with Crippen LogP contribution < -0.4 is 5.32 Å². The van der Waals surface area contributed by atoms with E-state index in [0.717, 1.165) is 6.42 Å². The molecule has 0 aliphatic heterocycles. The molecule has 0 fully saturated rings. The van der Waals surface area contributed by atoms with Crippen molar-refractivity contribution in [3.8, 4) is 0 Å². The second-order valence-electron chi connectivity index (χ2n) is 9.97. The van der Waals surface area contributed by atoms with E-state index >= 15 is 0 Å². The number of amides is 2. The average molecular weight is 394 g/mol. The molecular weight excluding hydrogens is 354 g/mol. The van der Waals surface area contributed by atoms with E-state index in [1.807, 2.05) is 13.8 Å². The summed E-state index contributed by atoms with van der Waals surface area (Å²) in [5, 5.41) is 2.83. The number of carbonyl (C=O) groups is 2. The van der Waals surface area contributed by atoms with E-state index < -0.39 is 0 Å². The lowest BCUT2D eigenvalue weighted by Gasteiger charge is -2.27. The number of oxazole rings is 1. The molecule has 1 N–H and O–H groups in total. The fraction of sp³-hybridized carbons (Fsp3) is 0.773. The second-order valence-corrected chi connectivity index (χ2v) is 9.97. The summed E-state index contributed by atoms with van der Waals surface area (Å²) in [4.78, 5) is 31.1. The van der Waals surface area contributed by atoms with Gasteiger partial charge in [0.25, 0.3) is 5.91 Å². The van der Waals surface area contributed by atoms with Crippen molar-refractivity contribution in [2.45, 2.75) is 74.8 Å². The zero-order valence-electron chi connectivity index (χ0n) is 19.0. The predicted molar refractivity (Wildman–Crippen MR) is 112 cm³/mol. The maximum atomic E-state index is 12.9. The first-order chi connectivity index (χ1) is 12.9. The smallest absolute Gasteiger partial charge is 0.273 e. The van der Waals surface area contributed by atoms with Crippen LogP contribution in [0.2, 0.25) is 0 Å². The maximum Gasteiger partial charge on any atom is 0.273 e. The summed E-state index contributed by atoms with van der Waals surface area (Å²) in [7, 11) is 0. The van der Waals surface area contributed by atoms with Crippen molar-refractivity contribution in [3.05, 3.63) is 17.8 Å². The molecule has 0 unspecified atom stereocenters. The molecule has 28 heavy (non-hydrogen) atoms. The number of nitrogens with one attached hydrogen (secondary N) is 1. The average Bonchev–Trinajstić information content (AvgIpc) is 2.98. The van der Waals surface area contributed by atoms with Gasteiger partial charge in [-0.3, -0.25) is 9.59 Å². The molecule has 0 aliphatic rings. The third kappa shape index (κ3) is 9.38. The topological polar surface area (TPSA) is 75.4 Å². The molecule has 0 spiro atoms. The van der Waals surface area contributed by atoms with Crippen molar-refractivity contribution >= 4 is 11.8 Å². The predicted octanol–water partition coefficient (Wildman–Crippen LogP) is 4.51. The highest BCUT2D eigenvalue weighted by molar-refractivity contribution is 5.91. The summed E-state index contributed by atoms with van der Waals surface area (Å²) >= 11 is 0. The van der Waals surface area contributed by atoms with Crippen LogP contribution in [0.4, 0.5) is 0 Å². The highest BCUT2D eigenvalue weighted by atomic mass is 16.3. The summed E-state index contributed by atoms with van der Waals surface area (Å²) < 4.78 is 5.47. The lowest BCUT2D eigenvalue weighted by Crippen LogP contribution is -2.35. The van der Waals surface area contributed by atoms with Gasteiger partial charge in [-0.1, -0.05) is 55.4 Å². The molecule has 1 heterocycles. The van der Waals surface area contributed by atoms with Crippen molar-refractivity contribution < 1.29 is 14.0 Å². The first kappa shape index (κ1) is 24.2. The fourth-order valence-corrected chi connectivity index (χ4v) is 3.28. The Balaban J connectivity index is 2.76.